The van der Waals surface area contributed by atoms with Crippen LogP contribution in [0.1, 0.15) is 24.4 Å². The number of alkyl halides is 3. The molecule has 0 radical (unpaired) electrons. The third-order valence-corrected chi connectivity index (χ3v) is 5.38. The van der Waals surface area contributed by atoms with Gasteiger partial charge in [-0.25, -0.2) is 19.3 Å². The van der Waals surface area contributed by atoms with E-state index in [1.54, 1.807) is 16.4 Å². The number of aromatic nitrogens is 4. The first-order chi connectivity index (χ1) is 14.2. The summed E-state index contributed by atoms with van der Waals surface area (Å²) in [4.78, 5) is 26.5. The fourth-order valence-corrected chi connectivity index (χ4v) is 3.75. The Hall–Kier alpha value is -3.04. The normalized spacial score (nSPS) is 15.7. The summed E-state index contributed by atoms with van der Waals surface area (Å²) in [5.74, 6) is 0.270. The first kappa shape index (κ1) is 20.2. The van der Waals surface area contributed by atoms with Gasteiger partial charge in [0.05, 0.1) is 10.9 Å². The largest absolute Gasteiger partial charge is 0.433 e. The molecule has 3 aromatic rings. The number of benzene rings is 1. The zero-order chi connectivity index (χ0) is 21.5. The zero-order valence-corrected chi connectivity index (χ0v) is 16.2. The van der Waals surface area contributed by atoms with E-state index < -0.39 is 17.7 Å². The SMILES string of the molecule is Cc1nc2cc(F)ccc2c(=O)n1CC1CCN(c2nccc(C(F)(F)F)n2)CC1. The van der Waals surface area contributed by atoms with E-state index in [2.05, 4.69) is 15.0 Å². The Labute approximate surface area is 169 Å². The van der Waals surface area contributed by atoms with Gasteiger partial charge in [-0.05, 0) is 43.9 Å². The fourth-order valence-electron chi connectivity index (χ4n) is 3.75. The second kappa shape index (κ2) is 7.66. The van der Waals surface area contributed by atoms with Crippen LogP contribution in [0.5, 0.6) is 0 Å². The first-order valence-corrected chi connectivity index (χ1v) is 9.54. The summed E-state index contributed by atoms with van der Waals surface area (Å²) in [6.07, 6.45) is -2.05. The highest BCUT2D eigenvalue weighted by atomic mass is 19.4. The smallest absolute Gasteiger partial charge is 0.341 e. The van der Waals surface area contributed by atoms with Crippen LogP contribution in [0.25, 0.3) is 10.9 Å². The lowest BCUT2D eigenvalue weighted by Gasteiger charge is -2.32. The minimum absolute atomic E-state index is 0.0611. The summed E-state index contributed by atoms with van der Waals surface area (Å²) in [5, 5.41) is 0.358. The van der Waals surface area contributed by atoms with Gasteiger partial charge in [-0.1, -0.05) is 0 Å². The highest BCUT2D eigenvalue weighted by Gasteiger charge is 2.33. The van der Waals surface area contributed by atoms with E-state index in [0.717, 1.165) is 12.3 Å². The molecule has 6 nitrogen and oxygen atoms in total. The van der Waals surface area contributed by atoms with E-state index in [0.29, 0.717) is 49.2 Å². The van der Waals surface area contributed by atoms with Crippen LogP contribution < -0.4 is 10.5 Å². The maximum absolute atomic E-state index is 13.4. The Morgan fingerprint density at radius 3 is 2.57 bits per heavy atom. The van der Waals surface area contributed by atoms with E-state index in [-0.39, 0.29) is 17.4 Å². The minimum Gasteiger partial charge on any atom is -0.341 e. The molecule has 0 unspecified atom stereocenters. The quantitative estimate of drug-likeness (QED) is 0.605. The molecule has 1 saturated heterocycles. The summed E-state index contributed by atoms with van der Waals surface area (Å²) >= 11 is 0. The number of anilines is 1. The lowest BCUT2D eigenvalue weighted by molar-refractivity contribution is -0.141. The Morgan fingerprint density at radius 2 is 1.87 bits per heavy atom. The third-order valence-electron chi connectivity index (χ3n) is 5.38. The van der Waals surface area contributed by atoms with E-state index >= 15 is 0 Å². The second-order valence-corrected chi connectivity index (χ2v) is 7.41. The van der Waals surface area contributed by atoms with Crippen LogP contribution in [0, 0.1) is 18.7 Å². The molecule has 158 valence electrons. The van der Waals surface area contributed by atoms with Crippen molar-refractivity contribution in [1.29, 1.82) is 0 Å². The van der Waals surface area contributed by atoms with Crippen LogP contribution in [0.4, 0.5) is 23.5 Å². The first-order valence-electron chi connectivity index (χ1n) is 9.54. The Bertz CT molecular complexity index is 1140. The zero-order valence-electron chi connectivity index (χ0n) is 16.2. The third kappa shape index (κ3) is 3.99. The number of rotatable bonds is 3. The molecule has 3 heterocycles. The van der Waals surface area contributed by atoms with Gasteiger partial charge in [0.2, 0.25) is 5.95 Å². The Kier molecular flexibility index (Phi) is 5.17. The van der Waals surface area contributed by atoms with Crippen LogP contribution in [-0.2, 0) is 12.7 Å². The number of aryl methyl sites for hydroxylation is 1. The molecule has 10 heteroatoms. The van der Waals surface area contributed by atoms with Crippen molar-refractivity contribution in [3.63, 3.8) is 0 Å². The van der Waals surface area contributed by atoms with Crippen LogP contribution >= 0.6 is 0 Å². The molecule has 0 bridgehead atoms. The summed E-state index contributed by atoms with van der Waals surface area (Å²) in [6, 6.07) is 4.76. The van der Waals surface area contributed by atoms with Gasteiger partial charge in [-0.2, -0.15) is 13.2 Å². The molecule has 0 aliphatic carbocycles. The molecule has 0 saturated carbocycles. The summed E-state index contributed by atoms with van der Waals surface area (Å²) < 4.78 is 53.6. The van der Waals surface area contributed by atoms with Crippen molar-refractivity contribution < 1.29 is 17.6 Å². The van der Waals surface area contributed by atoms with Crippen LogP contribution in [0.3, 0.4) is 0 Å². The van der Waals surface area contributed by atoms with Gasteiger partial charge < -0.3 is 4.90 Å². The number of hydrogen-bond acceptors (Lipinski definition) is 5. The summed E-state index contributed by atoms with van der Waals surface area (Å²) in [7, 11) is 0. The van der Waals surface area contributed by atoms with Gasteiger partial charge in [-0.3, -0.25) is 9.36 Å². The second-order valence-electron chi connectivity index (χ2n) is 7.41. The van der Waals surface area contributed by atoms with Gasteiger partial charge >= 0.3 is 6.18 Å². The lowest BCUT2D eigenvalue weighted by Crippen LogP contribution is -2.38. The van der Waals surface area contributed by atoms with Gasteiger partial charge in [-0.15, -0.1) is 0 Å². The molecule has 1 fully saturated rings. The molecule has 0 spiro atoms. The van der Waals surface area contributed by atoms with Crippen LogP contribution in [0.15, 0.2) is 35.3 Å². The maximum atomic E-state index is 13.4. The van der Waals surface area contributed by atoms with Gasteiger partial charge in [0, 0.05) is 31.9 Å². The van der Waals surface area contributed by atoms with Crippen molar-refractivity contribution in [3.8, 4) is 0 Å². The van der Waals surface area contributed by atoms with E-state index in [1.807, 2.05) is 0 Å². The van der Waals surface area contributed by atoms with Crippen molar-refractivity contribution in [2.45, 2.75) is 32.5 Å². The average molecular weight is 421 g/mol. The highest BCUT2D eigenvalue weighted by molar-refractivity contribution is 5.77. The van der Waals surface area contributed by atoms with Crippen molar-refractivity contribution >= 4 is 16.9 Å². The van der Waals surface area contributed by atoms with Crippen molar-refractivity contribution in [1.82, 2.24) is 19.5 Å². The number of piperidine rings is 1. The van der Waals surface area contributed by atoms with Gasteiger partial charge in [0.25, 0.3) is 5.56 Å². The molecule has 0 amide bonds. The van der Waals surface area contributed by atoms with Crippen molar-refractivity contribution in [3.05, 3.63) is 58.2 Å². The van der Waals surface area contributed by atoms with Crippen molar-refractivity contribution in [2.75, 3.05) is 18.0 Å². The molecule has 1 aliphatic heterocycles. The average Bonchev–Trinajstić information content (AvgIpc) is 2.71. The van der Waals surface area contributed by atoms with Gasteiger partial charge in [0.15, 0.2) is 0 Å². The number of hydrogen-bond donors (Lipinski definition) is 0. The molecule has 2 aromatic heterocycles. The monoisotopic (exact) mass is 421 g/mol. The van der Waals surface area contributed by atoms with Crippen LogP contribution in [-0.4, -0.2) is 32.6 Å². The maximum Gasteiger partial charge on any atom is 0.433 e. The lowest BCUT2D eigenvalue weighted by atomic mass is 9.96. The van der Waals surface area contributed by atoms with Crippen molar-refractivity contribution in [2.24, 2.45) is 5.92 Å². The Balaban J connectivity index is 1.48. The molecule has 1 aromatic carbocycles. The molecule has 30 heavy (non-hydrogen) atoms. The molecule has 1 aliphatic rings. The number of halogens is 4. The van der Waals surface area contributed by atoms with E-state index in [4.69, 9.17) is 0 Å². The van der Waals surface area contributed by atoms with Crippen LogP contribution in [0.2, 0.25) is 0 Å². The Morgan fingerprint density at radius 1 is 1.13 bits per heavy atom. The standard InChI is InChI=1S/C20H19F4N5O/c1-12-26-16-10-14(21)2-3-15(16)18(30)29(12)11-13-5-8-28(9-6-13)19-25-7-4-17(27-19)20(22,23)24/h2-4,7,10,13H,5-6,8-9,11H2,1H3. The number of fused-ring (bicyclic) bond motifs is 1. The molecule has 0 N–H and O–H groups in total. The molecule has 4 rings (SSSR count). The molecular formula is C20H19F4N5O. The highest BCUT2D eigenvalue weighted by Crippen LogP contribution is 2.29. The molecule has 0 atom stereocenters. The topological polar surface area (TPSA) is 63.9 Å². The van der Waals surface area contributed by atoms with Gasteiger partial charge in [0.1, 0.15) is 17.3 Å². The summed E-state index contributed by atoms with van der Waals surface area (Å²) in [6.45, 7) is 3.14. The van der Waals surface area contributed by atoms with E-state index in [1.165, 1.54) is 18.2 Å². The predicted octanol–water partition coefficient (Wildman–Crippen LogP) is 3.57. The predicted molar refractivity (Wildman–Crippen MR) is 103 cm³/mol. The fraction of sp³-hybridized carbons (Fsp3) is 0.400. The molecular weight excluding hydrogens is 402 g/mol. The minimum atomic E-state index is -4.51. The number of nitrogens with zero attached hydrogens (tertiary/aromatic N) is 5. The summed E-state index contributed by atoms with van der Waals surface area (Å²) in [5.41, 5.74) is -0.859. The van der Waals surface area contributed by atoms with E-state index in [9.17, 15) is 22.4 Å².